The molecule has 1 amide bonds. The van der Waals surface area contributed by atoms with Gasteiger partial charge in [-0.25, -0.2) is 14.4 Å². The quantitative estimate of drug-likeness (QED) is 0.435. The van der Waals surface area contributed by atoms with Crippen molar-refractivity contribution in [2.45, 2.75) is 19.3 Å². The van der Waals surface area contributed by atoms with E-state index in [1.165, 1.54) is 17.7 Å². The lowest BCUT2D eigenvalue weighted by Crippen LogP contribution is -2.19. The molecule has 33 heavy (non-hydrogen) atoms. The highest BCUT2D eigenvalue weighted by Crippen LogP contribution is 2.33. The van der Waals surface area contributed by atoms with Crippen LogP contribution in [0.25, 0.3) is 23.4 Å². The van der Waals surface area contributed by atoms with Crippen molar-refractivity contribution in [1.82, 2.24) is 9.97 Å². The molecular weight excluding hydrogens is 413 g/mol. The van der Waals surface area contributed by atoms with Crippen LogP contribution in [0.2, 0.25) is 0 Å². The first-order chi connectivity index (χ1) is 16.2. The maximum Gasteiger partial charge on any atom is 0.230 e. The number of fused-ring (bicyclic) bond motifs is 3. The number of hydrogen-bond acceptors (Lipinski definition) is 3. The summed E-state index contributed by atoms with van der Waals surface area (Å²) in [6.07, 6.45) is 5.63. The summed E-state index contributed by atoms with van der Waals surface area (Å²) < 4.78 is 13.2. The lowest BCUT2D eigenvalue weighted by Gasteiger charge is -2.20. The monoisotopic (exact) mass is 435 g/mol. The number of aryl methyl sites for hydroxylation is 2. The fraction of sp³-hybridized carbons (Fsp3) is 0.107. The van der Waals surface area contributed by atoms with Gasteiger partial charge in [-0.1, -0.05) is 72.8 Å². The zero-order chi connectivity index (χ0) is 22.6. The van der Waals surface area contributed by atoms with Crippen molar-refractivity contribution in [3.8, 4) is 11.3 Å². The summed E-state index contributed by atoms with van der Waals surface area (Å²) >= 11 is 0. The molecule has 1 heterocycles. The van der Waals surface area contributed by atoms with Gasteiger partial charge in [-0.05, 0) is 47.7 Å². The maximum absolute atomic E-state index is 13.2. The molecule has 162 valence electrons. The number of benzene rings is 3. The van der Waals surface area contributed by atoms with Crippen LogP contribution >= 0.6 is 0 Å². The SMILES string of the molecule is O=C(Cc1ccc(F)cc1)Nc1nc2c(nc1/C=C/c1ccccc1)-c1ccccc1CC2. The van der Waals surface area contributed by atoms with Crippen LogP contribution < -0.4 is 5.32 Å². The molecule has 0 saturated carbocycles. The first-order valence-electron chi connectivity index (χ1n) is 10.9. The van der Waals surface area contributed by atoms with Crippen molar-refractivity contribution in [2.75, 3.05) is 5.32 Å². The van der Waals surface area contributed by atoms with E-state index < -0.39 is 0 Å². The number of anilines is 1. The van der Waals surface area contributed by atoms with E-state index in [0.717, 1.165) is 40.9 Å². The minimum Gasteiger partial charge on any atom is -0.309 e. The highest BCUT2D eigenvalue weighted by molar-refractivity contribution is 5.93. The third-order valence-corrected chi connectivity index (χ3v) is 5.67. The summed E-state index contributed by atoms with van der Waals surface area (Å²) in [5, 5.41) is 2.93. The van der Waals surface area contributed by atoms with Gasteiger partial charge in [0.05, 0.1) is 17.8 Å². The predicted octanol–water partition coefficient (Wildman–Crippen LogP) is 5.73. The maximum atomic E-state index is 13.2. The number of halogens is 1. The number of nitrogens with zero attached hydrogens (tertiary/aromatic N) is 2. The second-order valence-electron chi connectivity index (χ2n) is 8.01. The van der Waals surface area contributed by atoms with Gasteiger partial charge in [0.2, 0.25) is 5.91 Å². The first-order valence-corrected chi connectivity index (χ1v) is 10.9. The summed E-state index contributed by atoms with van der Waals surface area (Å²) in [5.41, 5.74) is 6.44. The fourth-order valence-electron chi connectivity index (χ4n) is 4.01. The van der Waals surface area contributed by atoms with E-state index in [9.17, 15) is 9.18 Å². The Morgan fingerprint density at radius 2 is 1.64 bits per heavy atom. The number of nitrogens with one attached hydrogen (secondary N) is 1. The predicted molar refractivity (Wildman–Crippen MR) is 129 cm³/mol. The molecule has 0 radical (unpaired) electrons. The molecule has 4 aromatic rings. The van der Waals surface area contributed by atoms with Gasteiger partial charge >= 0.3 is 0 Å². The second kappa shape index (κ2) is 9.17. The van der Waals surface area contributed by atoms with Crippen LogP contribution in [0.1, 0.15) is 28.1 Å². The average Bonchev–Trinajstić information content (AvgIpc) is 2.84. The molecule has 0 bridgehead atoms. The van der Waals surface area contributed by atoms with Gasteiger partial charge in [0.1, 0.15) is 11.5 Å². The van der Waals surface area contributed by atoms with Gasteiger partial charge in [-0.2, -0.15) is 0 Å². The Kier molecular flexibility index (Phi) is 5.77. The fourth-order valence-corrected chi connectivity index (χ4v) is 4.01. The molecule has 0 saturated heterocycles. The molecule has 1 N–H and O–H groups in total. The van der Waals surface area contributed by atoms with Crippen LogP contribution in [-0.4, -0.2) is 15.9 Å². The van der Waals surface area contributed by atoms with E-state index in [1.54, 1.807) is 12.1 Å². The molecule has 0 atom stereocenters. The number of carbonyl (C=O) groups is 1. The summed E-state index contributed by atoms with van der Waals surface area (Å²) in [6, 6.07) is 24.1. The Morgan fingerprint density at radius 1 is 0.879 bits per heavy atom. The van der Waals surface area contributed by atoms with Crippen LogP contribution in [0, 0.1) is 5.82 Å². The summed E-state index contributed by atoms with van der Waals surface area (Å²) in [4.78, 5) is 22.5. The molecule has 1 aliphatic carbocycles. The molecule has 0 fully saturated rings. The molecule has 1 aliphatic rings. The van der Waals surface area contributed by atoms with Crippen LogP contribution in [0.5, 0.6) is 0 Å². The van der Waals surface area contributed by atoms with Gasteiger partial charge in [0, 0.05) is 5.56 Å². The summed E-state index contributed by atoms with van der Waals surface area (Å²) in [6.45, 7) is 0. The van der Waals surface area contributed by atoms with Crippen LogP contribution in [0.3, 0.4) is 0 Å². The van der Waals surface area contributed by atoms with Gasteiger partial charge in [-0.3, -0.25) is 4.79 Å². The van der Waals surface area contributed by atoms with Crippen molar-refractivity contribution in [2.24, 2.45) is 0 Å². The highest BCUT2D eigenvalue weighted by atomic mass is 19.1. The lowest BCUT2D eigenvalue weighted by molar-refractivity contribution is -0.115. The number of carbonyl (C=O) groups excluding carboxylic acids is 1. The Hall–Kier alpha value is -4.12. The van der Waals surface area contributed by atoms with Crippen LogP contribution in [-0.2, 0) is 24.1 Å². The van der Waals surface area contributed by atoms with Crippen molar-refractivity contribution >= 4 is 23.9 Å². The van der Waals surface area contributed by atoms with E-state index in [-0.39, 0.29) is 18.1 Å². The normalized spacial score (nSPS) is 12.3. The standard InChI is InChI=1S/C28H22FN3O/c29-22-14-10-20(11-15-22)18-26(33)32-28-25(16-12-19-6-2-1-3-7-19)30-27-23-9-5-4-8-21(23)13-17-24(27)31-28/h1-12,14-16H,13,17-18H2,(H,31,32,33)/b16-12+. The molecular formula is C28H22FN3O. The van der Waals surface area contributed by atoms with E-state index in [2.05, 4.69) is 17.4 Å². The van der Waals surface area contributed by atoms with Gasteiger partial charge in [0.15, 0.2) is 5.82 Å². The smallest absolute Gasteiger partial charge is 0.230 e. The molecule has 4 nitrogen and oxygen atoms in total. The minimum absolute atomic E-state index is 0.129. The lowest BCUT2D eigenvalue weighted by atomic mass is 9.92. The first kappa shape index (κ1) is 20.8. The molecule has 0 unspecified atom stereocenters. The average molecular weight is 436 g/mol. The Bertz CT molecular complexity index is 1330. The Balaban J connectivity index is 1.50. The van der Waals surface area contributed by atoms with E-state index in [0.29, 0.717) is 11.5 Å². The van der Waals surface area contributed by atoms with Crippen molar-refractivity contribution in [3.63, 3.8) is 0 Å². The molecule has 0 aliphatic heterocycles. The third-order valence-electron chi connectivity index (χ3n) is 5.67. The molecule has 1 aromatic heterocycles. The minimum atomic E-state index is -0.326. The van der Waals surface area contributed by atoms with E-state index in [1.807, 2.05) is 54.6 Å². The molecule has 0 spiro atoms. The summed E-state index contributed by atoms with van der Waals surface area (Å²) in [5.74, 6) is -0.109. The molecule has 5 rings (SSSR count). The molecule has 5 heteroatoms. The third kappa shape index (κ3) is 4.72. The van der Waals surface area contributed by atoms with Crippen molar-refractivity contribution in [1.29, 1.82) is 0 Å². The summed E-state index contributed by atoms with van der Waals surface area (Å²) in [7, 11) is 0. The Labute approximate surface area is 191 Å². The number of aromatic nitrogens is 2. The van der Waals surface area contributed by atoms with E-state index >= 15 is 0 Å². The van der Waals surface area contributed by atoms with Gasteiger partial charge in [0.25, 0.3) is 0 Å². The van der Waals surface area contributed by atoms with Crippen LogP contribution in [0.4, 0.5) is 10.2 Å². The van der Waals surface area contributed by atoms with Gasteiger partial charge in [-0.15, -0.1) is 0 Å². The zero-order valence-corrected chi connectivity index (χ0v) is 18.0. The van der Waals surface area contributed by atoms with Crippen molar-refractivity contribution in [3.05, 3.63) is 113 Å². The number of hydrogen-bond donors (Lipinski definition) is 1. The topological polar surface area (TPSA) is 54.9 Å². The number of amides is 1. The van der Waals surface area contributed by atoms with E-state index in [4.69, 9.17) is 9.97 Å². The molecule has 3 aromatic carbocycles. The highest BCUT2D eigenvalue weighted by Gasteiger charge is 2.21. The van der Waals surface area contributed by atoms with Crippen molar-refractivity contribution < 1.29 is 9.18 Å². The Morgan fingerprint density at radius 3 is 2.45 bits per heavy atom. The van der Waals surface area contributed by atoms with Gasteiger partial charge < -0.3 is 5.32 Å². The zero-order valence-electron chi connectivity index (χ0n) is 18.0. The van der Waals surface area contributed by atoms with Crippen LogP contribution in [0.15, 0.2) is 78.9 Å². The second-order valence-corrected chi connectivity index (χ2v) is 8.01. The largest absolute Gasteiger partial charge is 0.309 e. The number of rotatable bonds is 5.